The third kappa shape index (κ3) is 5.28. The largest absolute Gasteiger partial charge is 0.353 e. The number of halogens is 1. The summed E-state index contributed by atoms with van der Waals surface area (Å²) in [6.45, 7) is 1.02. The second-order valence-electron chi connectivity index (χ2n) is 7.19. The fourth-order valence-corrected chi connectivity index (χ4v) is 3.99. The van der Waals surface area contributed by atoms with Crippen LogP contribution >= 0.6 is 11.8 Å². The molecule has 0 unspecified atom stereocenters. The van der Waals surface area contributed by atoms with Crippen molar-refractivity contribution >= 4 is 52.7 Å². The average Bonchev–Trinajstić information content (AvgIpc) is 3.15. The molecule has 7 amide bonds. The van der Waals surface area contributed by atoms with Gasteiger partial charge < -0.3 is 5.32 Å². The highest BCUT2D eigenvalue weighted by Crippen LogP contribution is 2.32. The third-order valence-corrected chi connectivity index (χ3v) is 5.80. The Hall–Kier alpha value is -3.54. The van der Waals surface area contributed by atoms with Gasteiger partial charge in [-0.05, 0) is 30.3 Å². The van der Waals surface area contributed by atoms with E-state index in [4.69, 9.17) is 0 Å². The molecule has 3 rings (SSSR count). The van der Waals surface area contributed by atoms with Gasteiger partial charge in [0.2, 0.25) is 5.91 Å². The predicted octanol–water partition coefficient (Wildman–Crippen LogP) is 1.57. The number of unbranched alkanes of at least 4 members (excludes halogenated alkanes) is 1. The highest BCUT2D eigenvalue weighted by Gasteiger charge is 2.44. The number of hydrogen-bond donors (Lipinski definition) is 1. The molecule has 0 bridgehead atoms. The van der Waals surface area contributed by atoms with Crippen molar-refractivity contribution in [2.75, 3.05) is 26.2 Å². The van der Waals surface area contributed by atoms with Crippen LogP contribution < -0.4 is 5.32 Å². The number of rotatable bonds is 9. The lowest BCUT2D eigenvalue weighted by molar-refractivity contribution is -0.144. The van der Waals surface area contributed by atoms with Crippen molar-refractivity contribution in [1.29, 1.82) is 0 Å². The summed E-state index contributed by atoms with van der Waals surface area (Å²) in [6.07, 6.45) is 2.54. The molecule has 2 fully saturated rings. The highest BCUT2D eigenvalue weighted by atomic mass is 32.2. The standard InChI is InChI=1S/C21H21FN4O6S/c1-2-3-9-24-18(29)19(30)26(20(24)31)12-16(27)23-8-10-25-17(28)15(33-21(25)32)11-13-6-4-5-7-14(13)22/h4-7,11H,2-3,8-10,12H2,1H3,(H,23,27)/b15-11-. The van der Waals surface area contributed by atoms with Gasteiger partial charge in [-0.2, -0.15) is 0 Å². The Morgan fingerprint density at radius 3 is 2.39 bits per heavy atom. The quantitative estimate of drug-likeness (QED) is 0.326. The molecule has 0 radical (unpaired) electrons. The van der Waals surface area contributed by atoms with E-state index >= 15 is 0 Å². The molecular formula is C21H21FN4O6S. The van der Waals surface area contributed by atoms with Crippen LogP contribution in [-0.4, -0.2) is 75.8 Å². The van der Waals surface area contributed by atoms with Crippen LogP contribution in [-0.2, 0) is 19.2 Å². The molecule has 0 spiro atoms. The number of amides is 7. The van der Waals surface area contributed by atoms with Crippen molar-refractivity contribution in [3.63, 3.8) is 0 Å². The molecular weight excluding hydrogens is 455 g/mol. The van der Waals surface area contributed by atoms with Gasteiger partial charge >= 0.3 is 17.8 Å². The van der Waals surface area contributed by atoms with Crippen molar-refractivity contribution in [3.05, 3.63) is 40.6 Å². The summed E-state index contributed by atoms with van der Waals surface area (Å²) >= 11 is 0.656. The van der Waals surface area contributed by atoms with E-state index < -0.39 is 47.3 Å². The second kappa shape index (κ2) is 10.4. The Kier molecular flexibility index (Phi) is 7.59. The van der Waals surface area contributed by atoms with Gasteiger partial charge in [0.15, 0.2) is 0 Å². The summed E-state index contributed by atoms with van der Waals surface area (Å²) < 4.78 is 13.8. The van der Waals surface area contributed by atoms with Crippen molar-refractivity contribution in [1.82, 2.24) is 20.0 Å². The van der Waals surface area contributed by atoms with Crippen LogP contribution in [0, 0.1) is 5.82 Å². The summed E-state index contributed by atoms with van der Waals surface area (Å²) in [5, 5.41) is 1.84. The van der Waals surface area contributed by atoms with E-state index in [1.165, 1.54) is 24.3 Å². The van der Waals surface area contributed by atoms with Crippen molar-refractivity contribution in [3.8, 4) is 0 Å². The lowest BCUT2D eigenvalue weighted by atomic mass is 10.2. The molecule has 10 nitrogen and oxygen atoms in total. The molecule has 0 aliphatic carbocycles. The molecule has 33 heavy (non-hydrogen) atoms. The van der Waals surface area contributed by atoms with Gasteiger partial charge in [-0.3, -0.25) is 33.8 Å². The normalized spacial score (nSPS) is 17.7. The molecule has 1 aromatic rings. The molecule has 1 aromatic carbocycles. The first-order valence-corrected chi connectivity index (χ1v) is 11.0. The second-order valence-corrected chi connectivity index (χ2v) is 8.18. The lowest BCUT2D eigenvalue weighted by Gasteiger charge is -2.16. The fourth-order valence-electron chi connectivity index (χ4n) is 3.14. The Bertz CT molecular complexity index is 1060. The van der Waals surface area contributed by atoms with Gasteiger partial charge in [0, 0.05) is 25.2 Å². The molecule has 2 aliphatic heterocycles. The SMILES string of the molecule is CCCCN1C(=O)C(=O)N(CC(=O)NCCN2C(=O)S/C(=C\c3ccccc3F)C2=O)C1=O. The van der Waals surface area contributed by atoms with E-state index in [2.05, 4.69) is 5.32 Å². The number of thioether (sulfide) groups is 1. The number of urea groups is 1. The van der Waals surface area contributed by atoms with E-state index in [0.29, 0.717) is 23.1 Å². The zero-order chi connectivity index (χ0) is 24.1. The number of carbonyl (C=O) groups is 6. The number of imide groups is 3. The van der Waals surface area contributed by atoms with Gasteiger partial charge in [0.1, 0.15) is 12.4 Å². The lowest BCUT2D eigenvalue weighted by Crippen LogP contribution is -2.44. The highest BCUT2D eigenvalue weighted by molar-refractivity contribution is 8.18. The maximum atomic E-state index is 13.8. The molecule has 2 aliphatic rings. The van der Waals surface area contributed by atoms with Crippen molar-refractivity contribution in [2.24, 2.45) is 0 Å². The van der Waals surface area contributed by atoms with Crippen LogP contribution in [0.3, 0.4) is 0 Å². The summed E-state index contributed by atoms with van der Waals surface area (Å²) in [4.78, 5) is 75.3. The first-order chi connectivity index (χ1) is 15.7. The van der Waals surface area contributed by atoms with E-state index in [1.807, 2.05) is 6.92 Å². The van der Waals surface area contributed by atoms with Crippen LogP contribution in [0.5, 0.6) is 0 Å². The molecule has 0 atom stereocenters. The molecule has 174 valence electrons. The molecule has 0 aromatic heterocycles. The Balaban J connectivity index is 1.52. The van der Waals surface area contributed by atoms with Crippen LogP contribution in [0.1, 0.15) is 25.3 Å². The van der Waals surface area contributed by atoms with Gasteiger partial charge in [-0.15, -0.1) is 0 Å². The zero-order valence-corrected chi connectivity index (χ0v) is 18.5. The first-order valence-electron chi connectivity index (χ1n) is 10.2. The minimum atomic E-state index is -1.07. The summed E-state index contributed by atoms with van der Waals surface area (Å²) in [5.41, 5.74) is 0.166. The Morgan fingerprint density at radius 1 is 1.00 bits per heavy atom. The third-order valence-electron chi connectivity index (χ3n) is 4.90. The molecule has 12 heteroatoms. The van der Waals surface area contributed by atoms with Gasteiger partial charge in [0.25, 0.3) is 11.1 Å². The summed E-state index contributed by atoms with van der Waals surface area (Å²) in [5.74, 6) is -3.93. The number of nitrogens with one attached hydrogen (secondary N) is 1. The van der Waals surface area contributed by atoms with Crippen molar-refractivity contribution in [2.45, 2.75) is 19.8 Å². The number of carbonyl (C=O) groups excluding carboxylic acids is 6. The van der Waals surface area contributed by atoms with Crippen LogP contribution in [0.2, 0.25) is 0 Å². The topological polar surface area (TPSA) is 124 Å². The Morgan fingerprint density at radius 2 is 1.70 bits per heavy atom. The van der Waals surface area contributed by atoms with Crippen molar-refractivity contribution < 1.29 is 33.2 Å². The van der Waals surface area contributed by atoms with Gasteiger partial charge in [0.05, 0.1) is 4.91 Å². The number of nitrogens with zero attached hydrogens (tertiary/aromatic N) is 3. The summed E-state index contributed by atoms with van der Waals surface area (Å²) in [6, 6.07) is 4.96. The minimum Gasteiger partial charge on any atom is -0.353 e. The van der Waals surface area contributed by atoms with Gasteiger partial charge in [-0.25, -0.2) is 14.1 Å². The minimum absolute atomic E-state index is 0.0513. The number of hydrogen-bond acceptors (Lipinski definition) is 7. The molecule has 2 heterocycles. The first kappa shape index (κ1) is 24.1. The predicted molar refractivity (Wildman–Crippen MR) is 116 cm³/mol. The van der Waals surface area contributed by atoms with E-state index in [0.717, 1.165) is 16.2 Å². The Labute approximate surface area is 192 Å². The zero-order valence-electron chi connectivity index (χ0n) is 17.7. The van der Waals surface area contributed by atoms with Crippen LogP contribution in [0.4, 0.5) is 14.0 Å². The summed E-state index contributed by atoms with van der Waals surface area (Å²) in [7, 11) is 0. The fraction of sp³-hybridized carbons (Fsp3) is 0.333. The molecule has 2 saturated heterocycles. The maximum absolute atomic E-state index is 13.8. The number of benzene rings is 1. The van der Waals surface area contributed by atoms with E-state index in [1.54, 1.807) is 6.07 Å². The van der Waals surface area contributed by atoms with E-state index in [9.17, 15) is 33.2 Å². The van der Waals surface area contributed by atoms with E-state index in [-0.39, 0.29) is 30.1 Å². The average molecular weight is 476 g/mol. The van der Waals surface area contributed by atoms with Crippen LogP contribution in [0.25, 0.3) is 6.08 Å². The molecule has 0 saturated carbocycles. The van der Waals surface area contributed by atoms with Crippen LogP contribution in [0.15, 0.2) is 29.2 Å². The smallest absolute Gasteiger partial charge is 0.334 e. The monoisotopic (exact) mass is 476 g/mol. The molecule has 1 N–H and O–H groups in total. The van der Waals surface area contributed by atoms with Gasteiger partial charge in [-0.1, -0.05) is 31.5 Å². The maximum Gasteiger partial charge on any atom is 0.334 e.